The highest BCUT2D eigenvalue weighted by molar-refractivity contribution is 9.10. The van der Waals surface area contributed by atoms with E-state index in [1.165, 1.54) is 0 Å². The molecule has 10 heteroatoms. The van der Waals surface area contributed by atoms with Crippen LogP contribution in [0.5, 0.6) is 0 Å². The van der Waals surface area contributed by atoms with Crippen LogP contribution in [0, 0.1) is 0 Å². The summed E-state index contributed by atoms with van der Waals surface area (Å²) < 4.78 is 28.1. The van der Waals surface area contributed by atoms with Crippen molar-refractivity contribution in [1.82, 2.24) is 14.7 Å². The summed E-state index contributed by atoms with van der Waals surface area (Å²) in [6.45, 7) is 4.53. The SMILES string of the molecule is CCCCCCNS(=O)(=O)c1ccc(Nc2ncc(Br)c(N[C@H](CC)CO)n2)cc1. The molecule has 0 unspecified atom stereocenters. The molecule has 4 N–H and O–H groups in total. The van der Waals surface area contributed by atoms with Crippen molar-refractivity contribution < 1.29 is 13.5 Å². The summed E-state index contributed by atoms with van der Waals surface area (Å²) in [4.78, 5) is 8.86. The Morgan fingerprint density at radius 1 is 1.13 bits per heavy atom. The Morgan fingerprint density at radius 2 is 1.87 bits per heavy atom. The Hall–Kier alpha value is -1.75. The molecule has 1 aromatic carbocycles. The van der Waals surface area contributed by atoms with Crippen LogP contribution in [0.25, 0.3) is 0 Å². The zero-order chi connectivity index (χ0) is 22.0. The van der Waals surface area contributed by atoms with Crippen LogP contribution < -0.4 is 15.4 Å². The zero-order valence-electron chi connectivity index (χ0n) is 17.4. The minimum atomic E-state index is -3.52. The van der Waals surface area contributed by atoms with Crippen LogP contribution in [0.4, 0.5) is 17.5 Å². The van der Waals surface area contributed by atoms with Crippen LogP contribution in [0.15, 0.2) is 39.8 Å². The van der Waals surface area contributed by atoms with Crippen molar-refractivity contribution in [1.29, 1.82) is 0 Å². The second-order valence-electron chi connectivity index (χ2n) is 6.93. The van der Waals surface area contributed by atoms with Gasteiger partial charge < -0.3 is 15.7 Å². The van der Waals surface area contributed by atoms with Crippen LogP contribution in [0.1, 0.15) is 46.0 Å². The monoisotopic (exact) mass is 499 g/mol. The van der Waals surface area contributed by atoms with Gasteiger partial charge in [-0.05, 0) is 53.0 Å². The van der Waals surface area contributed by atoms with Crippen LogP contribution in [0.2, 0.25) is 0 Å². The molecule has 1 aromatic heterocycles. The van der Waals surface area contributed by atoms with E-state index in [2.05, 4.69) is 48.2 Å². The minimum Gasteiger partial charge on any atom is -0.394 e. The summed E-state index contributed by atoms with van der Waals surface area (Å²) in [5.74, 6) is 0.929. The number of halogens is 1. The van der Waals surface area contributed by atoms with Gasteiger partial charge in [-0.25, -0.2) is 18.1 Å². The van der Waals surface area contributed by atoms with Gasteiger partial charge in [0.1, 0.15) is 5.82 Å². The van der Waals surface area contributed by atoms with Crippen molar-refractivity contribution in [2.75, 3.05) is 23.8 Å². The van der Waals surface area contributed by atoms with Gasteiger partial charge in [0.2, 0.25) is 16.0 Å². The highest BCUT2D eigenvalue weighted by Gasteiger charge is 2.14. The number of unbranched alkanes of at least 4 members (excludes halogenated alkanes) is 3. The smallest absolute Gasteiger partial charge is 0.240 e. The topological polar surface area (TPSA) is 116 Å². The number of anilines is 3. The fraction of sp³-hybridized carbons (Fsp3) is 0.500. The van der Waals surface area contributed by atoms with Gasteiger partial charge in [-0.3, -0.25) is 0 Å². The number of aliphatic hydroxyl groups excluding tert-OH is 1. The van der Waals surface area contributed by atoms with Gasteiger partial charge >= 0.3 is 0 Å². The maximum Gasteiger partial charge on any atom is 0.240 e. The van der Waals surface area contributed by atoms with Crippen molar-refractivity contribution in [3.8, 4) is 0 Å². The third-order valence-corrected chi connectivity index (χ3v) is 6.60. The van der Waals surface area contributed by atoms with Gasteiger partial charge in [0.15, 0.2) is 0 Å². The first-order chi connectivity index (χ1) is 14.4. The quantitative estimate of drug-likeness (QED) is 0.307. The molecule has 0 aliphatic carbocycles. The van der Waals surface area contributed by atoms with Crippen molar-refractivity contribution in [3.63, 3.8) is 0 Å². The van der Waals surface area contributed by atoms with Crippen molar-refractivity contribution in [2.45, 2.75) is 56.9 Å². The molecule has 1 atom stereocenters. The zero-order valence-corrected chi connectivity index (χ0v) is 19.8. The summed E-state index contributed by atoms with van der Waals surface area (Å²) in [6, 6.07) is 6.34. The van der Waals surface area contributed by atoms with Crippen molar-refractivity contribution in [3.05, 3.63) is 34.9 Å². The van der Waals surface area contributed by atoms with Crippen LogP contribution in [-0.2, 0) is 10.0 Å². The van der Waals surface area contributed by atoms with Crippen molar-refractivity contribution in [2.24, 2.45) is 0 Å². The number of hydrogen-bond acceptors (Lipinski definition) is 7. The van der Waals surface area contributed by atoms with E-state index in [0.717, 1.165) is 32.1 Å². The normalized spacial score (nSPS) is 12.5. The van der Waals surface area contributed by atoms with Gasteiger partial charge in [-0.2, -0.15) is 4.98 Å². The molecule has 0 spiro atoms. The molecule has 8 nitrogen and oxygen atoms in total. The largest absolute Gasteiger partial charge is 0.394 e. The van der Waals surface area contributed by atoms with Crippen molar-refractivity contribution >= 4 is 43.4 Å². The molecule has 0 radical (unpaired) electrons. The summed E-state index contributed by atoms with van der Waals surface area (Å²) in [5.41, 5.74) is 0.666. The van der Waals surface area contributed by atoms with Crippen LogP contribution in [0.3, 0.4) is 0 Å². The van der Waals surface area contributed by atoms with E-state index < -0.39 is 10.0 Å². The van der Waals surface area contributed by atoms with Gasteiger partial charge in [-0.15, -0.1) is 0 Å². The minimum absolute atomic E-state index is 0.00171. The van der Waals surface area contributed by atoms with Crippen LogP contribution >= 0.6 is 15.9 Å². The Balaban J connectivity index is 2.02. The molecule has 0 amide bonds. The van der Waals surface area contributed by atoms with E-state index in [4.69, 9.17) is 0 Å². The molecule has 2 rings (SSSR count). The lowest BCUT2D eigenvalue weighted by molar-refractivity contribution is 0.271. The Kier molecular flexibility index (Phi) is 9.96. The molecule has 0 aliphatic rings. The maximum absolute atomic E-state index is 12.4. The molecule has 166 valence electrons. The summed E-state index contributed by atoms with van der Waals surface area (Å²) in [5, 5.41) is 15.6. The first-order valence-corrected chi connectivity index (χ1v) is 12.4. The molecule has 0 saturated carbocycles. The predicted octanol–water partition coefficient (Wildman–Crippen LogP) is 4.02. The van der Waals surface area contributed by atoms with E-state index in [0.29, 0.717) is 28.5 Å². The van der Waals surface area contributed by atoms with E-state index >= 15 is 0 Å². The molecule has 30 heavy (non-hydrogen) atoms. The van der Waals surface area contributed by atoms with E-state index in [9.17, 15) is 13.5 Å². The van der Waals surface area contributed by atoms with Gasteiger partial charge in [0.25, 0.3) is 0 Å². The molecule has 0 aliphatic heterocycles. The second kappa shape index (κ2) is 12.2. The predicted molar refractivity (Wildman–Crippen MR) is 124 cm³/mol. The Bertz CT molecular complexity index is 890. The average Bonchev–Trinajstić information content (AvgIpc) is 2.74. The lowest BCUT2D eigenvalue weighted by Crippen LogP contribution is -2.24. The first kappa shape index (κ1) is 24.5. The summed E-state index contributed by atoms with van der Waals surface area (Å²) in [6.07, 6.45) is 6.43. The molecule has 0 saturated heterocycles. The fourth-order valence-electron chi connectivity index (χ4n) is 2.69. The van der Waals surface area contributed by atoms with Gasteiger partial charge in [0, 0.05) is 18.4 Å². The third kappa shape index (κ3) is 7.50. The average molecular weight is 500 g/mol. The number of rotatable bonds is 13. The van der Waals surface area contributed by atoms with E-state index in [1.54, 1.807) is 30.5 Å². The number of sulfonamides is 1. The van der Waals surface area contributed by atoms with E-state index in [1.807, 2.05) is 6.92 Å². The molecule has 0 bridgehead atoms. The van der Waals surface area contributed by atoms with Crippen LogP contribution in [-0.4, -0.2) is 42.7 Å². The number of benzene rings is 1. The molecule has 0 fully saturated rings. The lowest BCUT2D eigenvalue weighted by Gasteiger charge is -2.16. The summed E-state index contributed by atoms with van der Waals surface area (Å²) in [7, 11) is -3.52. The number of aromatic nitrogens is 2. The number of nitrogens with one attached hydrogen (secondary N) is 3. The fourth-order valence-corrected chi connectivity index (χ4v) is 4.07. The van der Waals surface area contributed by atoms with E-state index in [-0.39, 0.29) is 17.5 Å². The maximum atomic E-state index is 12.4. The second-order valence-corrected chi connectivity index (χ2v) is 9.55. The summed E-state index contributed by atoms with van der Waals surface area (Å²) >= 11 is 3.40. The van der Waals surface area contributed by atoms with Gasteiger partial charge in [-0.1, -0.05) is 33.1 Å². The lowest BCUT2D eigenvalue weighted by atomic mass is 10.2. The number of hydrogen-bond donors (Lipinski definition) is 4. The number of nitrogens with zero attached hydrogens (tertiary/aromatic N) is 2. The molecular weight excluding hydrogens is 470 g/mol. The highest BCUT2D eigenvalue weighted by Crippen LogP contribution is 2.23. The Labute approximate surface area is 187 Å². The first-order valence-electron chi connectivity index (χ1n) is 10.2. The highest BCUT2D eigenvalue weighted by atomic mass is 79.9. The molecule has 2 aromatic rings. The standard InChI is InChI=1S/C20H30BrN5O3S/c1-3-5-6-7-12-23-30(28,29)17-10-8-16(9-11-17)25-20-22-13-18(21)19(26-20)24-15(4-2)14-27/h8-11,13,15,23,27H,3-7,12,14H2,1-2H3,(H2,22,24,25,26)/t15-/m1/s1. The van der Waals surface area contributed by atoms with Gasteiger partial charge in [0.05, 0.1) is 22.0 Å². The number of aliphatic hydroxyl groups is 1. The Morgan fingerprint density at radius 3 is 2.50 bits per heavy atom. The third-order valence-electron chi connectivity index (χ3n) is 4.54. The molecular formula is C20H30BrN5O3S. The molecule has 1 heterocycles.